The molecule has 1 amide bonds. The summed E-state index contributed by atoms with van der Waals surface area (Å²) in [7, 11) is 4.04. The van der Waals surface area contributed by atoms with Gasteiger partial charge in [-0.05, 0) is 39.2 Å². The first-order valence-corrected chi connectivity index (χ1v) is 11.1. The number of carbonyl (C=O) groups excluding carboxylic acids is 1. The first-order chi connectivity index (χ1) is 14.1. The van der Waals surface area contributed by atoms with Gasteiger partial charge in [0.1, 0.15) is 5.82 Å². The van der Waals surface area contributed by atoms with Crippen LogP contribution in [0.3, 0.4) is 0 Å². The predicted molar refractivity (Wildman–Crippen MR) is 114 cm³/mol. The van der Waals surface area contributed by atoms with E-state index in [1.807, 2.05) is 13.2 Å². The molecule has 1 aliphatic carbocycles. The minimum Gasteiger partial charge on any atom is -0.356 e. The molecule has 1 N–H and O–H groups in total. The zero-order chi connectivity index (χ0) is 20.2. The molecule has 158 valence electrons. The van der Waals surface area contributed by atoms with Gasteiger partial charge in [0.15, 0.2) is 5.65 Å². The molecule has 2 aromatic rings. The van der Waals surface area contributed by atoms with Gasteiger partial charge >= 0.3 is 0 Å². The van der Waals surface area contributed by atoms with E-state index in [1.54, 1.807) is 4.68 Å². The molecular weight excluding hydrogens is 366 g/mol. The number of likely N-dealkylation sites (N-methyl/N-ethyl adjacent to an activating group) is 1. The van der Waals surface area contributed by atoms with Crippen molar-refractivity contribution in [3.8, 4) is 0 Å². The summed E-state index contributed by atoms with van der Waals surface area (Å²) >= 11 is 0. The Kier molecular flexibility index (Phi) is 6.28. The van der Waals surface area contributed by atoms with E-state index in [4.69, 9.17) is 0 Å². The Bertz CT molecular complexity index is 837. The Labute approximate surface area is 172 Å². The lowest BCUT2D eigenvalue weighted by Crippen LogP contribution is -2.40. The highest BCUT2D eigenvalue weighted by Crippen LogP contribution is 2.26. The Hall–Kier alpha value is -2.22. The molecule has 0 radical (unpaired) electrons. The summed E-state index contributed by atoms with van der Waals surface area (Å²) in [5.74, 6) is 0.845. The maximum absolute atomic E-state index is 12.8. The van der Waals surface area contributed by atoms with Crippen molar-refractivity contribution in [1.82, 2.24) is 30.0 Å². The van der Waals surface area contributed by atoms with E-state index in [9.17, 15) is 4.79 Å². The zero-order valence-corrected chi connectivity index (χ0v) is 17.7. The summed E-state index contributed by atoms with van der Waals surface area (Å²) in [5, 5.41) is 8.36. The third-order valence-electron chi connectivity index (χ3n) is 6.28. The van der Waals surface area contributed by atoms with E-state index in [0.717, 1.165) is 43.7 Å². The number of anilines is 1. The predicted octanol–water partition coefficient (Wildman–Crippen LogP) is 2.35. The number of rotatable bonds is 6. The van der Waals surface area contributed by atoms with Crippen LogP contribution in [0.15, 0.2) is 6.20 Å². The first-order valence-electron chi connectivity index (χ1n) is 11.1. The molecule has 2 fully saturated rings. The van der Waals surface area contributed by atoms with Gasteiger partial charge in [0.25, 0.3) is 5.91 Å². The molecule has 1 saturated heterocycles. The molecule has 0 spiro atoms. The van der Waals surface area contributed by atoms with E-state index in [2.05, 4.69) is 37.2 Å². The van der Waals surface area contributed by atoms with Crippen LogP contribution >= 0.6 is 0 Å². The van der Waals surface area contributed by atoms with Gasteiger partial charge in [-0.1, -0.05) is 19.3 Å². The van der Waals surface area contributed by atoms with Crippen molar-refractivity contribution in [3.05, 3.63) is 12.0 Å². The summed E-state index contributed by atoms with van der Waals surface area (Å²) in [6, 6.07) is 0.646. The van der Waals surface area contributed by atoms with Gasteiger partial charge in [0.2, 0.25) is 5.82 Å². The fourth-order valence-electron chi connectivity index (χ4n) is 4.58. The second-order valence-electron chi connectivity index (χ2n) is 8.49. The van der Waals surface area contributed by atoms with E-state index < -0.39 is 0 Å². The molecule has 3 heterocycles. The SMILES string of the molecule is CN(CCNC(=O)c1nc(N2CCCCC2)c2cn(C)nc2n1)C1CCCCC1. The quantitative estimate of drug-likeness (QED) is 0.803. The van der Waals surface area contributed by atoms with E-state index >= 15 is 0 Å². The number of nitrogens with zero attached hydrogens (tertiary/aromatic N) is 6. The molecule has 8 heteroatoms. The summed E-state index contributed by atoms with van der Waals surface area (Å²) in [5.41, 5.74) is 0.590. The average molecular weight is 400 g/mol. The number of amides is 1. The minimum atomic E-state index is -0.215. The summed E-state index contributed by atoms with van der Waals surface area (Å²) in [6.45, 7) is 3.39. The van der Waals surface area contributed by atoms with Crippen LogP contribution in [0.2, 0.25) is 0 Å². The molecule has 2 aliphatic rings. The second kappa shape index (κ2) is 9.07. The van der Waals surface area contributed by atoms with E-state index in [-0.39, 0.29) is 11.7 Å². The van der Waals surface area contributed by atoms with Gasteiger partial charge in [-0.3, -0.25) is 9.48 Å². The smallest absolute Gasteiger partial charge is 0.289 e. The summed E-state index contributed by atoms with van der Waals surface area (Å²) in [4.78, 5) is 26.5. The third-order valence-corrected chi connectivity index (χ3v) is 6.28. The molecule has 0 unspecified atom stereocenters. The largest absolute Gasteiger partial charge is 0.356 e. The molecule has 0 bridgehead atoms. The molecule has 1 aliphatic heterocycles. The fraction of sp³-hybridized carbons (Fsp3) is 0.714. The monoisotopic (exact) mass is 399 g/mol. The number of piperidine rings is 1. The van der Waals surface area contributed by atoms with Crippen LogP contribution in [0.25, 0.3) is 11.0 Å². The lowest BCUT2D eigenvalue weighted by molar-refractivity contribution is 0.0934. The van der Waals surface area contributed by atoms with Crippen LogP contribution in [0.4, 0.5) is 5.82 Å². The van der Waals surface area contributed by atoms with Crippen LogP contribution in [0.1, 0.15) is 62.0 Å². The minimum absolute atomic E-state index is 0.215. The maximum atomic E-state index is 12.8. The number of aromatic nitrogens is 4. The van der Waals surface area contributed by atoms with Crippen molar-refractivity contribution in [1.29, 1.82) is 0 Å². The van der Waals surface area contributed by atoms with Gasteiger partial charge in [0, 0.05) is 45.5 Å². The molecule has 8 nitrogen and oxygen atoms in total. The topological polar surface area (TPSA) is 79.2 Å². The van der Waals surface area contributed by atoms with Gasteiger partial charge in [-0.2, -0.15) is 5.10 Å². The van der Waals surface area contributed by atoms with Crippen LogP contribution < -0.4 is 10.2 Å². The summed E-state index contributed by atoms with van der Waals surface area (Å²) in [6.07, 6.45) is 12.0. The van der Waals surface area contributed by atoms with Crippen molar-refractivity contribution in [3.63, 3.8) is 0 Å². The number of hydrogen-bond donors (Lipinski definition) is 1. The molecular formula is C21H33N7O. The van der Waals surface area contributed by atoms with Crippen LogP contribution in [0, 0.1) is 0 Å². The molecule has 1 saturated carbocycles. The standard InChI is InChI=1S/C21H33N7O/c1-26(16-9-5-3-6-10-16)14-11-22-21(29)19-23-18-17(15-27(2)25-18)20(24-19)28-12-7-4-8-13-28/h15-16H,3-14H2,1-2H3,(H,22,29). The molecule has 29 heavy (non-hydrogen) atoms. The van der Waals surface area contributed by atoms with Crippen molar-refractivity contribution in [2.24, 2.45) is 7.05 Å². The zero-order valence-electron chi connectivity index (χ0n) is 17.7. The Morgan fingerprint density at radius 2 is 1.86 bits per heavy atom. The number of carbonyl (C=O) groups is 1. The molecule has 2 aromatic heterocycles. The number of aryl methyl sites for hydroxylation is 1. The summed E-state index contributed by atoms with van der Waals surface area (Å²) < 4.78 is 1.74. The molecule has 4 rings (SSSR count). The molecule has 0 aromatic carbocycles. The highest BCUT2D eigenvalue weighted by molar-refractivity contribution is 5.95. The third kappa shape index (κ3) is 4.69. The fourth-order valence-corrected chi connectivity index (χ4v) is 4.58. The van der Waals surface area contributed by atoms with E-state index in [1.165, 1.54) is 38.5 Å². The number of nitrogens with one attached hydrogen (secondary N) is 1. The Balaban J connectivity index is 1.44. The lowest BCUT2D eigenvalue weighted by Gasteiger charge is -2.31. The van der Waals surface area contributed by atoms with Crippen molar-refractivity contribution < 1.29 is 4.79 Å². The highest BCUT2D eigenvalue weighted by atomic mass is 16.2. The van der Waals surface area contributed by atoms with Crippen molar-refractivity contribution in [2.75, 3.05) is 38.1 Å². The Morgan fingerprint density at radius 1 is 1.14 bits per heavy atom. The first kappa shape index (κ1) is 20.1. The normalized spacial score (nSPS) is 18.5. The lowest BCUT2D eigenvalue weighted by atomic mass is 9.94. The average Bonchev–Trinajstić information content (AvgIpc) is 3.14. The van der Waals surface area contributed by atoms with Crippen molar-refractivity contribution in [2.45, 2.75) is 57.4 Å². The van der Waals surface area contributed by atoms with Gasteiger partial charge in [-0.15, -0.1) is 0 Å². The van der Waals surface area contributed by atoms with Crippen LogP contribution in [-0.4, -0.2) is 69.8 Å². The van der Waals surface area contributed by atoms with Crippen LogP contribution in [0.5, 0.6) is 0 Å². The molecule has 0 atom stereocenters. The Morgan fingerprint density at radius 3 is 2.62 bits per heavy atom. The van der Waals surface area contributed by atoms with Crippen molar-refractivity contribution >= 4 is 22.8 Å². The van der Waals surface area contributed by atoms with Gasteiger partial charge in [-0.25, -0.2) is 9.97 Å². The maximum Gasteiger partial charge on any atom is 0.289 e. The highest BCUT2D eigenvalue weighted by Gasteiger charge is 2.22. The van der Waals surface area contributed by atoms with Gasteiger partial charge < -0.3 is 15.1 Å². The van der Waals surface area contributed by atoms with Crippen LogP contribution in [-0.2, 0) is 7.05 Å². The van der Waals surface area contributed by atoms with Gasteiger partial charge in [0.05, 0.1) is 5.39 Å². The number of fused-ring (bicyclic) bond motifs is 1. The van der Waals surface area contributed by atoms with E-state index in [0.29, 0.717) is 18.2 Å². The number of hydrogen-bond acceptors (Lipinski definition) is 6. The second-order valence-corrected chi connectivity index (χ2v) is 8.49.